The number of carbonyl (C=O) groups excluding carboxylic acids is 1. The molecule has 2 fully saturated rings. The summed E-state index contributed by atoms with van der Waals surface area (Å²) in [5, 5.41) is 8.97. The van der Waals surface area contributed by atoms with E-state index in [1.165, 1.54) is 0 Å². The van der Waals surface area contributed by atoms with Gasteiger partial charge in [-0.2, -0.15) is 0 Å². The average molecular weight is 194 g/mol. The number of aliphatic hydroxyl groups excluding tert-OH is 1. The number of allylic oxidation sites excluding steroid dienone is 1. The summed E-state index contributed by atoms with van der Waals surface area (Å²) in [7, 11) is 0. The molecule has 2 aliphatic rings. The van der Waals surface area contributed by atoms with Gasteiger partial charge in [0.15, 0.2) is 5.78 Å². The normalized spacial score (nSPS) is 43.2. The van der Waals surface area contributed by atoms with Crippen LogP contribution in [0.4, 0.5) is 0 Å². The molecule has 0 saturated heterocycles. The van der Waals surface area contributed by atoms with Crippen LogP contribution >= 0.6 is 0 Å². The van der Waals surface area contributed by atoms with E-state index >= 15 is 0 Å². The van der Waals surface area contributed by atoms with Gasteiger partial charge in [0.25, 0.3) is 0 Å². The second kappa shape index (κ2) is 2.85. The van der Waals surface area contributed by atoms with Gasteiger partial charge in [-0.05, 0) is 30.1 Å². The van der Waals surface area contributed by atoms with Crippen LogP contribution in [0.1, 0.15) is 33.6 Å². The summed E-state index contributed by atoms with van der Waals surface area (Å²) < 4.78 is 0. The molecule has 0 radical (unpaired) electrons. The van der Waals surface area contributed by atoms with E-state index in [4.69, 9.17) is 5.11 Å². The number of carbonyl (C=O) groups is 1. The number of fused-ring (bicyclic) bond motifs is 1. The lowest BCUT2D eigenvalue weighted by molar-refractivity contribution is -0.119. The van der Waals surface area contributed by atoms with Crippen LogP contribution < -0.4 is 0 Å². The van der Waals surface area contributed by atoms with E-state index in [-0.39, 0.29) is 17.1 Å². The highest BCUT2D eigenvalue weighted by Gasteiger charge is 2.54. The Morgan fingerprint density at radius 3 is 2.64 bits per heavy atom. The third kappa shape index (κ3) is 1.13. The molecule has 0 bridgehead atoms. The van der Waals surface area contributed by atoms with Crippen molar-refractivity contribution in [2.75, 3.05) is 0 Å². The van der Waals surface area contributed by atoms with Gasteiger partial charge in [0.1, 0.15) is 0 Å². The Bertz CT molecular complexity index is 301. The van der Waals surface area contributed by atoms with Crippen molar-refractivity contribution in [3.8, 4) is 0 Å². The monoisotopic (exact) mass is 194 g/mol. The lowest BCUT2D eigenvalue weighted by Crippen LogP contribution is -2.20. The van der Waals surface area contributed by atoms with Crippen molar-refractivity contribution in [1.82, 2.24) is 0 Å². The molecule has 0 aromatic heterocycles. The Morgan fingerprint density at radius 1 is 1.50 bits per heavy atom. The molecular formula is C12H18O2. The fourth-order valence-electron chi connectivity index (χ4n) is 3.50. The van der Waals surface area contributed by atoms with E-state index in [9.17, 15) is 4.79 Å². The molecule has 2 heteroatoms. The highest BCUT2D eigenvalue weighted by molar-refractivity contribution is 6.00. The lowest BCUT2D eigenvalue weighted by Gasteiger charge is -2.24. The molecule has 3 unspecified atom stereocenters. The van der Waals surface area contributed by atoms with E-state index in [0.717, 1.165) is 19.1 Å². The SMILES string of the molecule is CC1CC(C)(C)C2C/C(=C\O)C(=O)C12. The standard InChI is InChI=1S/C12H18O2/c1-7-5-12(2,3)9-4-8(6-13)11(14)10(7)9/h6-7,9-10,13H,4-5H2,1-3H3/b8-6+. The van der Waals surface area contributed by atoms with Crippen LogP contribution in [0.5, 0.6) is 0 Å². The van der Waals surface area contributed by atoms with Crippen molar-refractivity contribution >= 4 is 5.78 Å². The molecule has 2 saturated carbocycles. The summed E-state index contributed by atoms with van der Waals surface area (Å²) in [6, 6.07) is 0. The average Bonchev–Trinajstić information content (AvgIpc) is 2.51. The quantitative estimate of drug-likeness (QED) is 0.475. The fraction of sp³-hybridized carbons (Fsp3) is 0.750. The summed E-state index contributed by atoms with van der Waals surface area (Å²) in [5.41, 5.74) is 0.893. The molecule has 1 N–H and O–H groups in total. The topological polar surface area (TPSA) is 37.3 Å². The maximum atomic E-state index is 11.9. The van der Waals surface area contributed by atoms with Gasteiger partial charge in [0, 0.05) is 11.5 Å². The van der Waals surface area contributed by atoms with Crippen molar-refractivity contribution in [3.05, 3.63) is 11.8 Å². The Morgan fingerprint density at radius 2 is 2.14 bits per heavy atom. The minimum Gasteiger partial charge on any atom is -0.515 e. The van der Waals surface area contributed by atoms with Crippen molar-refractivity contribution in [2.45, 2.75) is 33.6 Å². The molecule has 78 valence electrons. The van der Waals surface area contributed by atoms with Gasteiger partial charge in [0.05, 0.1) is 6.26 Å². The predicted molar refractivity (Wildman–Crippen MR) is 54.9 cm³/mol. The summed E-state index contributed by atoms with van der Waals surface area (Å²) in [5.74, 6) is 1.28. The maximum Gasteiger partial charge on any atom is 0.165 e. The Kier molecular flexibility index (Phi) is 1.98. The van der Waals surface area contributed by atoms with E-state index in [1.54, 1.807) is 0 Å². The van der Waals surface area contributed by atoms with Crippen LogP contribution in [0.25, 0.3) is 0 Å². The number of hydrogen-bond acceptors (Lipinski definition) is 2. The first kappa shape index (κ1) is 9.75. The molecule has 0 aromatic carbocycles. The van der Waals surface area contributed by atoms with E-state index < -0.39 is 0 Å². The number of rotatable bonds is 0. The first-order valence-electron chi connectivity index (χ1n) is 5.35. The Balaban J connectivity index is 2.35. The van der Waals surface area contributed by atoms with Crippen LogP contribution in [0.15, 0.2) is 11.8 Å². The van der Waals surface area contributed by atoms with Crippen molar-refractivity contribution in [2.24, 2.45) is 23.2 Å². The van der Waals surface area contributed by atoms with E-state index in [0.29, 0.717) is 17.4 Å². The minimum atomic E-state index is 0.170. The predicted octanol–water partition coefficient (Wildman–Crippen LogP) is 2.70. The summed E-state index contributed by atoms with van der Waals surface area (Å²) in [6.07, 6.45) is 2.92. The van der Waals surface area contributed by atoms with Crippen molar-refractivity contribution in [3.63, 3.8) is 0 Å². The lowest BCUT2D eigenvalue weighted by atomic mass is 9.80. The van der Waals surface area contributed by atoms with Crippen LogP contribution in [-0.2, 0) is 4.79 Å². The zero-order chi connectivity index (χ0) is 10.5. The Hall–Kier alpha value is -0.790. The molecule has 0 aliphatic heterocycles. The number of hydrogen-bond donors (Lipinski definition) is 1. The van der Waals surface area contributed by atoms with Gasteiger partial charge in [-0.3, -0.25) is 4.79 Å². The Labute approximate surface area is 85.0 Å². The summed E-state index contributed by atoms with van der Waals surface area (Å²) in [6.45, 7) is 6.63. The van der Waals surface area contributed by atoms with Crippen molar-refractivity contribution in [1.29, 1.82) is 0 Å². The fourth-order valence-corrected chi connectivity index (χ4v) is 3.50. The van der Waals surface area contributed by atoms with Gasteiger partial charge in [-0.1, -0.05) is 20.8 Å². The molecule has 3 atom stereocenters. The molecule has 0 heterocycles. The zero-order valence-corrected chi connectivity index (χ0v) is 9.08. The molecule has 0 aromatic rings. The van der Waals surface area contributed by atoms with E-state index in [1.807, 2.05) is 0 Å². The van der Waals surface area contributed by atoms with Gasteiger partial charge in [0.2, 0.25) is 0 Å². The smallest absolute Gasteiger partial charge is 0.165 e. The largest absolute Gasteiger partial charge is 0.515 e. The third-order valence-corrected chi connectivity index (χ3v) is 4.11. The van der Waals surface area contributed by atoms with Crippen molar-refractivity contribution < 1.29 is 9.90 Å². The van der Waals surface area contributed by atoms with Crippen LogP contribution in [0, 0.1) is 23.2 Å². The van der Waals surface area contributed by atoms with Crippen LogP contribution in [0.2, 0.25) is 0 Å². The minimum absolute atomic E-state index is 0.170. The van der Waals surface area contributed by atoms with E-state index in [2.05, 4.69) is 20.8 Å². The van der Waals surface area contributed by atoms with Gasteiger partial charge < -0.3 is 5.11 Å². The van der Waals surface area contributed by atoms with Crippen LogP contribution in [-0.4, -0.2) is 10.9 Å². The molecule has 14 heavy (non-hydrogen) atoms. The summed E-state index contributed by atoms with van der Waals surface area (Å²) >= 11 is 0. The molecule has 2 rings (SSSR count). The molecule has 2 nitrogen and oxygen atoms in total. The second-order valence-electron chi connectivity index (χ2n) is 5.52. The third-order valence-electron chi connectivity index (χ3n) is 4.11. The molecule has 0 amide bonds. The highest BCUT2D eigenvalue weighted by Crippen LogP contribution is 2.56. The molecular weight excluding hydrogens is 176 g/mol. The van der Waals surface area contributed by atoms with Gasteiger partial charge in [-0.15, -0.1) is 0 Å². The molecule has 0 spiro atoms. The maximum absolute atomic E-state index is 11.9. The summed E-state index contributed by atoms with van der Waals surface area (Å²) in [4.78, 5) is 11.9. The zero-order valence-electron chi connectivity index (χ0n) is 9.08. The van der Waals surface area contributed by atoms with Crippen LogP contribution in [0.3, 0.4) is 0 Å². The number of aliphatic hydroxyl groups is 1. The number of Topliss-reactive ketones (excluding diaryl/α,β-unsaturated/α-hetero) is 1. The molecule has 2 aliphatic carbocycles. The highest BCUT2D eigenvalue weighted by atomic mass is 16.2. The second-order valence-corrected chi connectivity index (χ2v) is 5.52. The number of ketones is 1. The van der Waals surface area contributed by atoms with Gasteiger partial charge >= 0.3 is 0 Å². The first-order chi connectivity index (χ1) is 6.47. The first-order valence-corrected chi connectivity index (χ1v) is 5.35. The van der Waals surface area contributed by atoms with Gasteiger partial charge in [-0.25, -0.2) is 0 Å².